The van der Waals surface area contributed by atoms with E-state index in [0.29, 0.717) is 0 Å². The van der Waals surface area contributed by atoms with Crippen LogP contribution in [0.25, 0.3) is 0 Å². The first-order chi connectivity index (χ1) is 8.61. The Labute approximate surface area is 116 Å². The molecule has 0 aliphatic rings. The average Bonchev–Trinajstić information content (AvgIpc) is 2.38. The van der Waals surface area contributed by atoms with Gasteiger partial charge in [0.2, 0.25) is 0 Å². The summed E-state index contributed by atoms with van der Waals surface area (Å²) in [5, 5.41) is 0. The Bertz CT molecular complexity index is 537. The molecule has 0 fully saturated rings. The first-order valence-corrected chi connectivity index (χ1v) is 6.56. The van der Waals surface area contributed by atoms with Crippen LogP contribution in [0, 0.1) is 6.92 Å². The summed E-state index contributed by atoms with van der Waals surface area (Å²) >= 11 is 3.46. The SMILES string of the molecule is COc1ccc(C(N)c2ccc(Br)cc2C)cc1. The van der Waals surface area contributed by atoms with Gasteiger partial charge >= 0.3 is 0 Å². The highest BCUT2D eigenvalue weighted by Gasteiger charge is 2.11. The third-order valence-corrected chi connectivity index (χ3v) is 3.54. The van der Waals surface area contributed by atoms with Gasteiger partial charge in [0.1, 0.15) is 5.75 Å². The maximum Gasteiger partial charge on any atom is 0.118 e. The van der Waals surface area contributed by atoms with Crippen LogP contribution in [-0.4, -0.2) is 7.11 Å². The largest absolute Gasteiger partial charge is 0.497 e. The van der Waals surface area contributed by atoms with Gasteiger partial charge in [-0.05, 0) is 47.9 Å². The number of hydrogen-bond acceptors (Lipinski definition) is 2. The third-order valence-electron chi connectivity index (χ3n) is 3.04. The zero-order valence-corrected chi connectivity index (χ0v) is 12.1. The third kappa shape index (κ3) is 2.74. The van der Waals surface area contributed by atoms with Gasteiger partial charge in [0.25, 0.3) is 0 Å². The van der Waals surface area contributed by atoms with Crippen LogP contribution in [0.1, 0.15) is 22.7 Å². The molecule has 0 aromatic heterocycles. The molecule has 0 amide bonds. The van der Waals surface area contributed by atoms with Gasteiger partial charge in [-0.15, -0.1) is 0 Å². The maximum absolute atomic E-state index is 6.30. The van der Waals surface area contributed by atoms with E-state index in [9.17, 15) is 0 Å². The van der Waals surface area contributed by atoms with Gasteiger partial charge in [-0.25, -0.2) is 0 Å². The Morgan fingerprint density at radius 3 is 2.33 bits per heavy atom. The van der Waals surface area contributed by atoms with E-state index in [1.54, 1.807) is 7.11 Å². The molecule has 0 radical (unpaired) electrons. The Hall–Kier alpha value is -1.32. The zero-order chi connectivity index (χ0) is 13.1. The van der Waals surface area contributed by atoms with Crippen molar-refractivity contribution < 1.29 is 4.74 Å². The summed E-state index contributed by atoms with van der Waals surface area (Å²) in [6, 6.07) is 13.9. The van der Waals surface area contributed by atoms with Crippen molar-refractivity contribution >= 4 is 15.9 Å². The standard InChI is InChI=1S/C15H16BrNO/c1-10-9-12(16)5-8-14(10)15(17)11-3-6-13(18-2)7-4-11/h3-9,15H,17H2,1-2H3. The van der Waals surface area contributed by atoms with Crippen molar-refractivity contribution in [2.24, 2.45) is 5.73 Å². The van der Waals surface area contributed by atoms with Crippen LogP contribution in [0.2, 0.25) is 0 Å². The smallest absolute Gasteiger partial charge is 0.118 e. The number of benzene rings is 2. The van der Waals surface area contributed by atoms with E-state index in [2.05, 4.69) is 35.0 Å². The number of aryl methyl sites for hydroxylation is 1. The van der Waals surface area contributed by atoms with Crippen LogP contribution < -0.4 is 10.5 Å². The highest BCUT2D eigenvalue weighted by atomic mass is 79.9. The Morgan fingerprint density at radius 2 is 1.78 bits per heavy atom. The van der Waals surface area contributed by atoms with Gasteiger partial charge in [0.15, 0.2) is 0 Å². The fourth-order valence-electron chi connectivity index (χ4n) is 1.98. The molecule has 2 aromatic rings. The lowest BCUT2D eigenvalue weighted by Gasteiger charge is -2.16. The van der Waals surface area contributed by atoms with E-state index in [1.807, 2.05) is 30.3 Å². The van der Waals surface area contributed by atoms with Crippen molar-refractivity contribution in [3.05, 3.63) is 63.6 Å². The summed E-state index contributed by atoms with van der Waals surface area (Å²) in [5.74, 6) is 0.846. The monoisotopic (exact) mass is 305 g/mol. The lowest BCUT2D eigenvalue weighted by molar-refractivity contribution is 0.414. The molecule has 0 spiro atoms. The molecule has 2 nitrogen and oxygen atoms in total. The van der Waals surface area contributed by atoms with Crippen molar-refractivity contribution in [1.29, 1.82) is 0 Å². The van der Waals surface area contributed by atoms with Gasteiger partial charge in [-0.3, -0.25) is 0 Å². The molecule has 2 N–H and O–H groups in total. The number of nitrogens with two attached hydrogens (primary N) is 1. The summed E-state index contributed by atoms with van der Waals surface area (Å²) in [7, 11) is 1.66. The Morgan fingerprint density at radius 1 is 1.11 bits per heavy atom. The van der Waals surface area contributed by atoms with E-state index in [0.717, 1.165) is 21.3 Å². The van der Waals surface area contributed by atoms with Gasteiger partial charge in [-0.1, -0.05) is 34.1 Å². The lowest BCUT2D eigenvalue weighted by atomic mass is 9.96. The second-order valence-electron chi connectivity index (χ2n) is 4.25. The summed E-state index contributed by atoms with van der Waals surface area (Å²) in [6.07, 6.45) is 0. The summed E-state index contributed by atoms with van der Waals surface area (Å²) in [4.78, 5) is 0. The second kappa shape index (κ2) is 5.55. The van der Waals surface area contributed by atoms with Crippen molar-refractivity contribution in [2.75, 3.05) is 7.11 Å². The quantitative estimate of drug-likeness (QED) is 0.936. The fourth-order valence-corrected chi connectivity index (χ4v) is 2.45. The van der Waals surface area contributed by atoms with Crippen molar-refractivity contribution in [1.82, 2.24) is 0 Å². The van der Waals surface area contributed by atoms with Gasteiger partial charge < -0.3 is 10.5 Å². The minimum absolute atomic E-state index is 0.107. The normalized spacial score (nSPS) is 12.2. The topological polar surface area (TPSA) is 35.2 Å². The van der Waals surface area contributed by atoms with E-state index in [4.69, 9.17) is 10.5 Å². The van der Waals surface area contributed by atoms with E-state index < -0.39 is 0 Å². The van der Waals surface area contributed by atoms with Crippen LogP contribution >= 0.6 is 15.9 Å². The van der Waals surface area contributed by atoms with Gasteiger partial charge in [0, 0.05) is 4.47 Å². The van der Waals surface area contributed by atoms with E-state index in [-0.39, 0.29) is 6.04 Å². The van der Waals surface area contributed by atoms with Crippen LogP contribution in [0.3, 0.4) is 0 Å². The van der Waals surface area contributed by atoms with Gasteiger partial charge in [0.05, 0.1) is 13.2 Å². The molecule has 0 aliphatic carbocycles. The predicted octanol–water partition coefficient (Wildman–Crippen LogP) is 3.81. The molecule has 0 aliphatic heterocycles. The molecular weight excluding hydrogens is 290 g/mol. The Kier molecular flexibility index (Phi) is 4.04. The average molecular weight is 306 g/mol. The van der Waals surface area contributed by atoms with Crippen LogP contribution in [-0.2, 0) is 0 Å². The number of methoxy groups -OCH3 is 1. The van der Waals surface area contributed by atoms with Crippen molar-refractivity contribution in [3.8, 4) is 5.75 Å². The summed E-state index contributed by atoms with van der Waals surface area (Å²) in [5.41, 5.74) is 9.72. The molecule has 1 unspecified atom stereocenters. The van der Waals surface area contributed by atoms with Crippen LogP contribution in [0.15, 0.2) is 46.9 Å². The molecule has 0 saturated heterocycles. The molecule has 94 valence electrons. The molecule has 0 bridgehead atoms. The molecule has 2 aromatic carbocycles. The lowest BCUT2D eigenvalue weighted by Crippen LogP contribution is -2.13. The molecular formula is C15H16BrNO. The maximum atomic E-state index is 6.30. The molecule has 3 heteroatoms. The van der Waals surface area contributed by atoms with Crippen LogP contribution in [0.4, 0.5) is 0 Å². The molecule has 0 heterocycles. The van der Waals surface area contributed by atoms with E-state index >= 15 is 0 Å². The van der Waals surface area contributed by atoms with E-state index in [1.165, 1.54) is 5.56 Å². The Balaban J connectivity index is 2.31. The molecule has 0 saturated carbocycles. The molecule has 2 rings (SSSR count). The number of ether oxygens (including phenoxy) is 1. The summed E-state index contributed by atoms with van der Waals surface area (Å²) < 4.78 is 6.22. The number of hydrogen-bond donors (Lipinski definition) is 1. The zero-order valence-electron chi connectivity index (χ0n) is 10.5. The highest BCUT2D eigenvalue weighted by Crippen LogP contribution is 2.26. The highest BCUT2D eigenvalue weighted by molar-refractivity contribution is 9.10. The number of halogens is 1. The number of rotatable bonds is 3. The minimum atomic E-state index is -0.107. The van der Waals surface area contributed by atoms with Gasteiger partial charge in [-0.2, -0.15) is 0 Å². The molecule has 1 atom stereocenters. The first-order valence-electron chi connectivity index (χ1n) is 5.77. The second-order valence-corrected chi connectivity index (χ2v) is 5.17. The summed E-state index contributed by atoms with van der Waals surface area (Å²) in [6.45, 7) is 2.07. The van der Waals surface area contributed by atoms with Crippen molar-refractivity contribution in [3.63, 3.8) is 0 Å². The van der Waals surface area contributed by atoms with Crippen molar-refractivity contribution in [2.45, 2.75) is 13.0 Å². The minimum Gasteiger partial charge on any atom is -0.497 e. The predicted molar refractivity (Wildman–Crippen MR) is 77.9 cm³/mol. The fraction of sp³-hybridized carbons (Fsp3) is 0.200. The first kappa shape index (κ1) is 13.1. The van der Waals surface area contributed by atoms with Crippen LogP contribution in [0.5, 0.6) is 5.75 Å². The molecule has 18 heavy (non-hydrogen) atoms.